The minimum atomic E-state index is -0.102. The van der Waals surface area contributed by atoms with Gasteiger partial charge in [-0.25, -0.2) is 0 Å². The molecule has 1 fully saturated rings. The molecule has 0 N–H and O–H groups in total. The Hall–Kier alpha value is -6.00. The van der Waals surface area contributed by atoms with Crippen LogP contribution in [0.3, 0.4) is 0 Å². The van der Waals surface area contributed by atoms with Crippen LogP contribution in [0.5, 0.6) is 0 Å². The minimum absolute atomic E-state index is 0.00969. The van der Waals surface area contributed by atoms with Gasteiger partial charge < -0.3 is 14.4 Å². The van der Waals surface area contributed by atoms with Crippen molar-refractivity contribution in [1.29, 1.82) is 0 Å². The van der Waals surface area contributed by atoms with Crippen molar-refractivity contribution >= 4 is 79.0 Å². The van der Waals surface area contributed by atoms with Crippen molar-refractivity contribution in [2.45, 2.75) is 90.4 Å². The first-order valence-corrected chi connectivity index (χ1v) is 22.3. The van der Waals surface area contributed by atoms with Gasteiger partial charge in [0.15, 0.2) is 0 Å². The maximum Gasteiger partial charge on any atom is 0.252 e. The maximum atomic E-state index is 2.61. The van der Waals surface area contributed by atoms with Crippen molar-refractivity contribution in [2.24, 2.45) is 0 Å². The number of rotatable bonds is 4. The van der Waals surface area contributed by atoms with E-state index in [9.17, 15) is 0 Å². The van der Waals surface area contributed by atoms with E-state index in [1.165, 1.54) is 121 Å². The third-order valence-corrected chi connectivity index (χ3v) is 13.8. The summed E-state index contributed by atoms with van der Waals surface area (Å²) in [5.74, 6) is 0.640. The van der Waals surface area contributed by atoms with E-state index in [4.69, 9.17) is 0 Å². The van der Waals surface area contributed by atoms with Crippen LogP contribution in [0.1, 0.15) is 96.3 Å². The maximum absolute atomic E-state index is 2.61. The summed E-state index contributed by atoms with van der Waals surface area (Å²) in [6.07, 6.45) is 6.61. The number of nitrogens with zero attached hydrogens (tertiary/aromatic N) is 3. The fourth-order valence-electron chi connectivity index (χ4n) is 10.8. The number of hydrogen-bond donors (Lipinski definition) is 0. The smallest absolute Gasteiger partial charge is 0.252 e. The van der Waals surface area contributed by atoms with Crippen LogP contribution in [0.25, 0.3) is 27.5 Å². The monoisotopic (exact) mass is 779 g/mol. The van der Waals surface area contributed by atoms with Crippen molar-refractivity contribution in [1.82, 2.24) is 4.57 Å². The fourth-order valence-corrected chi connectivity index (χ4v) is 10.8. The van der Waals surface area contributed by atoms with Gasteiger partial charge in [-0.3, -0.25) is 0 Å². The lowest BCUT2D eigenvalue weighted by Gasteiger charge is -2.45. The number of anilines is 6. The summed E-state index contributed by atoms with van der Waals surface area (Å²) >= 11 is 0. The second-order valence-corrected chi connectivity index (χ2v) is 19.7. The molecule has 3 aliphatic rings. The number of para-hydroxylation sites is 3. The largest absolute Gasteiger partial charge is 0.311 e. The van der Waals surface area contributed by atoms with Gasteiger partial charge in [0.05, 0.1) is 22.4 Å². The van der Waals surface area contributed by atoms with Crippen LogP contribution in [0.2, 0.25) is 0 Å². The molecule has 296 valence electrons. The first kappa shape index (κ1) is 37.0. The molecule has 60 heavy (non-hydrogen) atoms. The van der Waals surface area contributed by atoms with Crippen molar-refractivity contribution in [3.8, 4) is 5.69 Å². The SMILES string of the molecule is CC(C)(C)c1ccc2c(c1)B1c3cc(C(C)(C)C)cc(-n4c5ccccc5c5cc(C6CCCCC6)ccc54)c3N(c3ccccc3)c3cccc(c31)N2c1ccccc1. The molecule has 0 atom stereocenters. The van der Waals surface area contributed by atoms with Crippen LogP contribution in [-0.2, 0) is 10.8 Å². The number of fused-ring (bicyclic) bond motifs is 7. The zero-order chi connectivity index (χ0) is 40.9. The molecule has 1 aliphatic carbocycles. The molecule has 3 nitrogen and oxygen atoms in total. The summed E-state index contributed by atoms with van der Waals surface area (Å²) in [6, 6.07) is 58.0. The summed E-state index contributed by atoms with van der Waals surface area (Å²) in [7, 11) is 0. The predicted molar refractivity (Wildman–Crippen MR) is 258 cm³/mol. The lowest BCUT2D eigenvalue weighted by molar-refractivity contribution is 0.444. The Morgan fingerprint density at radius 3 is 1.78 bits per heavy atom. The van der Waals surface area contributed by atoms with E-state index in [0.29, 0.717) is 5.92 Å². The number of benzene rings is 7. The average molecular weight is 780 g/mol. The molecule has 8 aromatic rings. The van der Waals surface area contributed by atoms with Gasteiger partial charge in [-0.1, -0.05) is 146 Å². The molecule has 0 bridgehead atoms. The topological polar surface area (TPSA) is 11.4 Å². The van der Waals surface area contributed by atoms with Gasteiger partial charge in [0, 0.05) is 39.2 Å². The van der Waals surface area contributed by atoms with E-state index in [2.05, 4.69) is 208 Å². The highest BCUT2D eigenvalue weighted by Crippen LogP contribution is 2.48. The van der Waals surface area contributed by atoms with Crippen LogP contribution in [0.4, 0.5) is 34.1 Å². The molecule has 3 heterocycles. The Labute approximate surface area is 356 Å². The van der Waals surface area contributed by atoms with Crippen molar-refractivity contribution in [3.05, 3.63) is 168 Å². The Kier molecular flexibility index (Phi) is 8.50. The second kappa shape index (κ2) is 13.8. The van der Waals surface area contributed by atoms with Gasteiger partial charge >= 0.3 is 0 Å². The van der Waals surface area contributed by atoms with E-state index in [-0.39, 0.29) is 17.5 Å². The minimum Gasteiger partial charge on any atom is -0.311 e. The molecule has 1 aromatic heterocycles. The van der Waals surface area contributed by atoms with Gasteiger partial charge in [0.25, 0.3) is 6.71 Å². The van der Waals surface area contributed by atoms with Crippen molar-refractivity contribution in [2.75, 3.05) is 9.80 Å². The van der Waals surface area contributed by atoms with Gasteiger partial charge in [0.1, 0.15) is 0 Å². The average Bonchev–Trinajstić information content (AvgIpc) is 3.59. The zero-order valence-corrected chi connectivity index (χ0v) is 36.0. The van der Waals surface area contributed by atoms with Crippen LogP contribution < -0.4 is 26.2 Å². The molecule has 1 saturated carbocycles. The van der Waals surface area contributed by atoms with E-state index in [1.807, 2.05) is 0 Å². The molecule has 7 aromatic carbocycles. The number of hydrogen-bond acceptors (Lipinski definition) is 2. The quantitative estimate of drug-likeness (QED) is 0.165. The third-order valence-electron chi connectivity index (χ3n) is 13.8. The van der Waals surface area contributed by atoms with Crippen LogP contribution in [0.15, 0.2) is 152 Å². The molecule has 0 saturated heterocycles. The Morgan fingerprint density at radius 2 is 1.08 bits per heavy atom. The van der Waals surface area contributed by atoms with E-state index >= 15 is 0 Å². The molecule has 0 unspecified atom stereocenters. The van der Waals surface area contributed by atoms with Gasteiger partial charge in [0.2, 0.25) is 0 Å². The van der Waals surface area contributed by atoms with Gasteiger partial charge in [-0.05, 0) is 129 Å². The van der Waals surface area contributed by atoms with E-state index < -0.39 is 0 Å². The summed E-state index contributed by atoms with van der Waals surface area (Å²) < 4.78 is 2.61. The molecule has 0 amide bonds. The first-order valence-electron chi connectivity index (χ1n) is 22.3. The normalized spacial score (nSPS) is 15.3. The molecule has 2 aliphatic heterocycles. The highest BCUT2D eigenvalue weighted by atomic mass is 15.2. The Balaban J connectivity index is 1.28. The predicted octanol–water partition coefficient (Wildman–Crippen LogP) is 13.5. The van der Waals surface area contributed by atoms with Gasteiger partial charge in [-0.2, -0.15) is 0 Å². The second-order valence-electron chi connectivity index (χ2n) is 19.7. The highest BCUT2D eigenvalue weighted by molar-refractivity contribution is 7.00. The van der Waals surface area contributed by atoms with E-state index in [0.717, 1.165) is 5.69 Å². The molecule has 0 radical (unpaired) electrons. The highest BCUT2D eigenvalue weighted by Gasteiger charge is 2.45. The van der Waals surface area contributed by atoms with Crippen molar-refractivity contribution < 1.29 is 0 Å². The molecule has 4 heteroatoms. The fraction of sp³-hybridized carbons (Fsp3) is 0.250. The molecule has 11 rings (SSSR count). The summed E-state index contributed by atoms with van der Waals surface area (Å²) in [4.78, 5) is 5.10. The van der Waals surface area contributed by atoms with Crippen molar-refractivity contribution in [3.63, 3.8) is 0 Å². The Morgan fingerprint density at radius 1 is 0.467 bits per heavy atom. The molecule has 0 spiro atoms. The third kappa shape index (κ3) is 5.78. The van der Waals surface area contributed by atoms with Crippen LogP contribution >= 0.6 is 0 Å². The first-order chi connectivity index (χ1) is 29.1. The van der Waals surface area contributed by atoms with Crippen LogP contribution in [0, 0.1) is 0 Å². The van der Waals surface area contributed by atoms with Gasteiger partial charge in [-0.15, -0.1) is 0 Å². The zero-order valence-electron chi connectivity index (χ0n) is 36.0. The lowest BCUT2D eigenvalue weighted by Crippen LogP contribution is -2.62. The summed E-state index contributed by atoms with van der Waals surface area (Å²) in [6.45, 7) is 14.2. The Bertz CT molecular complexity index is 2940. The summed E-state index contributed by atoms with van der Waals surface area (Å²) in [5.41, 5.74) is 19.2. The lowest BCUT2D eigenvalue weighted by atomic mass is 9.33. The molecular weight excluding hydrogens is 725 g/mol. The standard InChI is InChI=1S/C56H54BN3/c1-55(2,3)39-30-32-49-45(34-39)57-46-35-40(56(4,5)6)36-52(60-47-26-17-16-25-43(47)44-33-38(29-31-48(44)60)37-19-10-7-11-20-37)54(46)59(42-23-14-9-15-24-42)51-28-18-27-50(53(51)57)58(49)41-21-12-8-13-22-41/h8-9,12-18,21-37H,7,10-11,19-20H2,1-6H3. The molecular formula is C56H54BN3. The van der Waals surface area contributed by atoms with Crippen LogP contribution in [-0.4, -0.2) is 11.3 Å². The van der Waals surface area contributed by atoms with E-state index in [1.54, 1.807) is 0 Å². The number of aromatic nitrogens is 1. The summed E-state index contributed by atoms with van der Waals surface area (Å²) in [5, 5.41) is 2.67.